The highest BCUT2D eigenvalue weighted by molar-refractivity contribution is 5.87. The number of fused-ring (bicyclic) bond motifs is 3. The van der Waals surface area contributed by atoms with Gasteiger partial charge >= 0.3 is 0 Å². The molecular formula is C15H12. The highest BCUT2D eigenvalue weighted by atomic mass is 14.3. The Morgan fingerprint density at radius 2 is 1.80 bits per heavy atom. The first-order valence-electron chi connectivity index (χ1n) is 5.63. The van der Waals surface area contributed by atoms with Gasteiger partial charge in [0.1, 0.15) is 0 Å². The van der Waals surface area contributed by atoms with Gasteiger partial charge in [-0.05, 0) is 53.2 Å². The van der Waals surface area contributed by atoms with Gasteiger partial charge in [-0.15, -0.1) is 0 Å². The Morgan fingerprint density at radius 1 is 0.867 bits per heavy atom. The minimum absolute atomic E-state index is 1.13. The Kier molecular flexibility index (Phi) is 1.29. The number of rotatable bonds is 0. The van der Waals surface area contributed by atoms with Crippen molar-refractivity contribution in [2.75, 3.05) is 0 Å². The quantitative estimate of drug-likeness (QED) is 0.590. The van der Waals surface area contributed by atoms with E-state index in [2.05, 4.69) is 36.4 Å². The molecule has 0 fully saturated rings. The summed E-state index contributed by atoms with van der Waals surface area (Å²) in [6.45, 7) is 0. The van der Waals surface area contributed by atoms with Crippen LogP contribution in [0.4, 0.5) is 0 Å². The van der Waals surface area contributed by atoms with E-state index in [0.717, 1.165) is 6.42 Å². The normalized spacial score (nSPS) is 19.7. The largest absolute Gasteiger partial charge is 0.0798 e. The van der Waals surface area contributed by atoms with Gasteiger partial charge in [-0.2, -0.15) is 0 Å². The first kappa shape index (κ1) is 7.70. The van der Waals surface area contributed by atoms with Crippen molar-refractivity contribution >= 4 is 11.6 Å². The van der Waals surface area contributed by atoms with Crippen LogP contribution in [-0.4, -0.2) is 0 Å². The van der Waals surface area contributed by atoms with Gasteiger partial charge in [0.05, 0.1) is 0 Å². The van der Waals surface area contributed by atoms with Crippen LogP contribution in [0.3, 0.4) is 0 Å². The van der Waals surface area contributed by atoms with Gasteiger partial charge in [0.25, 0.3) is 0 Å². The van der Waals surface area contributed by atoms with Crippen molar-refractivity contribution in [2.24, 2.45) is 0 Å². The van der Waals surface area contributed by atoms with Gasteiger partial charge in [-0.3, -0.25) is 0 Å². The highest BCUT2D eigenvalue weighted by Crippen LogP contribution is 2.41. The van der Waals surface area contributed by atoms with E-state index in [4.69, 9.17) is 0 Å². The molecule has 1 aromatic carbocycles. The molecule has 0 heteroatoms. The molecule has 0 amide bonds. The number of hydrogen-bond acceptors (Lipinski definition) is 0. The molecule has 0 atom stereocenters. The van der Waals surface area contributed by atoms with E-state index < -0.39 is 0 Å². The standard InChI is InChI=1S/C15H12/c1-3-10-7-13-8-12-5-2-6-14(12)15(13)9-11(10)4-1/h1-2,4,6-7,9H,3,5,8H2. The van der Waals surface area contributed by atoms with Crippen molar-refractivity contribution < 1.29 is 0 Å². The van der Waals surface area contributed by atoms with Crippen LogP contribution >= 0.6 is 0 Å². The van der Waals surface area contributed by atoms with Gasteiger partial charge in [0.15, 0.2) is 0 Å². The molecule has 0 N–H and O–H groups in total. The molecule has 0 aromatic heterocycles. The van der Waals surface area contributed by atoms with Gasteiger partial charge in [0, 0.05) is 0 Å². The molecule has 0 radical (unpaired) electrons. The summed E-state index contributed by atoms with van der Waals surface area (Å²) in [6, 6.07) is 4.79. The molecule has 0 aliphatic heterocycles. The molecule has 4 rings (SSSR count). The zero-order valence-electron chi connectivity index (χ0n) is 8.59. The van der Waals surface area contributed by atoms with E-state index in [1.807, 2.05) is 0 Å². The lowest BCUT2D eigenvalue weighted by molar-refractivity contribution is 1.11. The summed E-state index contributed by atoms with van der Waals surface area (Å²) >= 11 is 0. The molecule has 72 valence electrons. The fourth-order valence-electron chi connectivity index (χ4n) is 2.98. The fraction of sp³-hybridized carbons (Fsp3) is 0.200. The third kappa shape index (κ3) is 0.918. The maximum absolute atomic E-state index is 2.41. The zero-order valence-corrected chi connectivity index (χ0v) is 8.59. The highest BCUT2D eigenvalue weighted by Gasteiger charge is 2.23. The van der Waals surface area contributed by atoms with Crippen molar-refractivity contribution in [3.63, 3.8) is 0 Å². The van der Waals surface area contributed by atoms with Crippen LogP contribution in [0, 0.1) is 0 Å². The molecule has 0 unspecified atom stereocenters. The molecule has 1 aromatic rings. The molecule has 3 aliphatic rings. The van der Waals surface area contributed by atoms with Crippen LogP contribution in [0.15, 0.2) is 35.9 Å². The average molecular weight is 192 g/mol. The van der Waals surface area contributed by atoms with Crippen molar-refractivity contribution in [3.05, 3.63) is 58.2 Å². The first-order chi connectivity index (χ1) is 7.42. The van der Waals surface area contributed by atoms with Gasteiger partial charge in [-0.1, -0.05) is 35.9 Å². The zero-order chi connectivity index (χ0) is 9.83. The molecular weight excluding hydrogens is 180 g/mol. The van der Waals surface area contributed by atoms with Crippen LogP contribution in [0.25, 0.3) is 11.6 Å². The fourth-order valence-corrected chi connectivity index (χ4v) is 2.98. The van der Waals surface area contributed by atoms with Crippen LogP contribution in [0.1, 0.15) is 28.7 Å². The SMILES string of the molecule is C1=CC2=C(C1)Cc1cc3c(cc12)C=CC3. The topological polar surface area (TPSA) is 0 Å². The van der Waals surface area contributed by atoms with Crippen molar-refractivity contribution in [1.29, 1.82) is 0 Å². The van der Waals surface area contributed by atoms with Gasteiger partial charge in [0.2, 0.25) is 0 Å². The van der Waals surface area contributed by atoms with E-state index >= 15 is 0 Å². The Labute approximate surface area is 89.6 Å². The molecule has 0 saturated carbocycles. The molecule has 0 spiro atoms. The predicted octanol–water partition coefficient (Wildman–Crippen LogP) is 3.53. The average Bonchev–Trinajstić information content (AvgIpc) is 2.86. The van der Waals surface area contributed by atoms with E-state index in [1.165, 1.54) is 35.1 Å². The molecule has 0 nitrogen and oxygen atoms in total. The molecule has 0 bridgehead atoms. The smallest absolute Gasteiger partial charge is 0.00485 e. The van der Waals surface area contributed by atoms with Crippen LogP contribution in [-0.2, 0) is 12.8 Å². The Morgan fingerprint density at radius 3 is 2.80 bits per heavy atom. The van der Waals surface area contributed by atoms with Crippen LogP contribution in [0.5, 0.6) is 0 Å². The summed E-state index contributed by atoms with van der Waals surface area (Å²) in [7, 11) is 0. The Bertz CT molecular complexity index is 554. The predicted molar refractivity (Wildman–Crippen MR) is 63.6 cm³/mol. The van der Waals surface area contributed by atoms with Gasteiger partial charge < -0.3 is 0 Å². The summed E-state index contributed by atoms with van der Waals surface area (Å²) in [5, 5.41) is 0. The van der Waals surface area contributed by atoms with Crippen LogP contribution < -0.4 is 0 Å². The summed E-state index contributed by atoms with van der Waals surface area (Å²) in [5.41, 5.74) is 9.11. The van der Waals surface area contributed by atoms with E-state index in [1.54, 1.807) is 11.1 Å². The first-order valence-corrected chi connectivity index (χ1v) is 5.63. The second-order valence-corrected chi connectivity index (χ2v) is 4.62. The molecule has 0 heterocycles. The summed E-state index contributed by atoms with van der Waals surface area (Å²) in [4.78, 5) is 0. The number of benzene rings is 1. The minimum atomic E-state index is 1.13. The van der Waals surface area contributed by atoms with Gasteiger partial charge in [-0.25, -0.2) is 0 Å². The third-order valence-corrected chi connectivity index (χ3v) is 3.72. The third-order valence-electron chi connectivity index (χ3n) is 3.72. The lowest BCUT2D eigenvalue weighted by Gasteiger charge is -2.06. The van der Waals surface area contributed by atoms with E-state index in [-0.39, 0.29) is 0 Å². The minimum Gasteiger partial charge on any atom is -0.0798 e. The molecule has 0 saturated heterocycles. The summed E-state index contributed by atoms with van der Waals surface area (Å²) in [6.07, 6.45) is 12.6. The summed E-state index contributed by atoms with van der Waals surface area (Å²) in [5.74, 6) is 0. The van der Waals surface area contributed by atoms with E-state index in [0.29, 0.717) is 0 Å². The Balaban J connectivity index is 1.97. The van der Waals surface area contributed by atoms with Crippen molar-refractivity contribution in [2.45, 2.75) is 19.3 Å². The number of hydrogen-bond donors (Lipinski definition) is 0. The lowest BCUT2D eigenvalue weighted by atomic mass is 9.98. The van der Waals surface area contributed by atoms with Crippen molar-refractivity contribution in [1.82, 2.24) is 0 Å². The second-order valence-electron chi connectivity index (χ2n) is 4.62. The van der Waals surface area contributed by atoms with Crippen molar-refractivity contribution in [3.8, 4) is 0 Å². The second kappa shape index (κ2) is 2.52. The molecule has 15 heavy (non-hydrogen) atoms. The Hall–Kier alpha value is -1.56. The number of allylic oxidation sites excluding steroid dienone is 5. The lowest BCUT2D eigenvalue weighted by Crippen LogP contribution is -1.90. The maximum atomic E-state index is 2.41. The molecule has 3 aliphatic carbocycles. The monoisotopic (exact) mass is 192 g/mol. The summed E-state index contributed by atoms with van der Waals surface area (Å²) < 4.78 is 0. The maximum Gasteiger partial charge on any atom is -0.00485 e. The van der Waals surface area contributed by atoms with Crippen LogP contribution in [0.2, 0.25) is 0 Å². The van der Waals surface area contributed by atoms with E-state index in [9.17, 15) is 0 Å².